The van der Waals surface area contributed by atoms with Crippen LogP contribution in [0.15, 0.2) is 54.6 Å². The van der Waals surface area contributed by atoms with Crippen LogP contribution < -0.4 is 15.0 Å². The molecule has 146 valence electrons. The first-order valence-electron chi connectivity index (χ1n) is 10.1. The number of para-hydroxylation sites is 2. The third-order valence-electron chi connectivity index (χ3n) is 6.06. The highest BCUT2D eigenvalue weighted by Gasteiger charge is 2.59. The van der Waals surface area contributed by atoms with E-state index in [1.807, 2.05) is 24.3 Å². The second-order valence-corrected chi connectivity index (χ2v) is 8.12. The zero-order valence-corrected chi connectivity index (χ0v) is 16.9. The zero-order valence-electron chi connectivity index (χ0n) is 16.9. The van der Waals surface area contributed by atoms with Gasteiger partial charge in [-0.15, -0.1) is 0 Å². The first-order valence-corrected chi connectivity index (χ1v) is 10.1. The summed E-state index contributed by atoms with van der Waals surface area (Å²) in [7, 11) is 0. The average Bonchev–Trinajstić information content (AvgIpc) is 3.12. The van der Waals surface area contributed by atoms with E-state index in [0.717, 1.165) is 29.8 Å². The molecule has 2 heterocycles. The van der Waals surface area contributed by atoms with Crippen molar-refractivity contribution in [1.29, 1.82) is 0 Å². The van der Waals surface area contributed by atoms with Gasteiger partial charge in [-0.1, -0.05) is 69.7 Å². The van der Waals surface area contributed by atoms with Crippen LogP contribution in [0.2, 0.25) is 0 Å². The molecule has 4 nitrogen and oxygen atoms in total. The van der Waals surface area contributed by atoms with Gasteiger partial charge >= 0.3 is 0 Å². The van der Waals surface area contributed by atoms with Crippen LogP contribution in [0, 0.1) is 0 Å². The predicted octanol–water partition coefficient (Wildman–Crippen LogP) is 4.50. The van der Waals surface area contributed by atoms with Crippen molar-refractivity contribution in [2.45, 2.75) is 44.7 Å². The highest BCUT2D eigenvalue weighted by molar-refractivity contribution is 5.91. The Labute approximate surface area is 167 Å². The molecule has 0 saturated carbocycles. The SMILES string of the molecule is CCCCOc1ccccc1C=C[C@]12NC(=O)CN1c1ccccc1C2(C)C. The Balaban J connectivity index is 1.72. The van der Waals surface area contributed by atoms with Gasteiger partial charge in [0.1, 0.15) is 11.4 Å². The Hall–Kier alpha value is -2.75. The Morgan fingerprint density at radius 2 is 1.89 bits per heavy atom. The molecule has 0 radical (unpaired) electrons. The molecule has 0 unspecified atom stereocenters. The van der Waals surface area contributed by atoms with Crippen molar-refractivity contribution >= 4 is 17.7 Å². The van der Waals surface area contributed by atoms with Crippen molar-refractivity contribution in [1.82, 2.24) is 5.32 Å². The lowest BCUT2D eigenvalue weighted by atomic mass is 9.75. The minimum Gasteiger partial charge on any atom is -0.493 e. The summed E-state index contributed by atoms with van der Waals surface area (Å²) in [5.41, 5.74) is 2.57. The van der Waals surface area contributed by atoms with Gasteiger partial charge < -0.3 is 15.0 Å². The number of nitrogens with zero attached hydrogens (tertiary/aromatic N) is 1. The molecule has 4 heteroatoms. The summed E-state index contributed by atoms with van der Waals surface area (Å²) < 4.78 is 5.98. The monoisotopic (exact) mass is 376 g/mol. The molecule has 0 bridgehead atoms. The van der Waals surface area contributed by atoms with Crippen LogP contribution >= 0.6 is 0 Å². The number of nitrogens with one attached hydrogen (secondary N) is 1. The van der Waals surface area contributed by atoms with E-state index in [1.54, 1.807) is 0 Å². The minimum atomic E-state index is -0.579. The van der Waals surface area contributed by atoms with E-state index in [4.69, 9.17) is 4.74 Å². The van der Waals surface area contributed by atoms with Gasteiger partial charge in [-0.05, 0) is 30.2 Å². The van der Waals surface area contributed by atoms with Crippen LogP contribution in [0.25, 0.3) is 6.08 Å². The maximum Gasteiger partial charge on any atom is 0.241 e. The highest BCUT2D eigenvalue weighted by atomic mass is 16.5. The second kappa shape index (κ2) is 7.01. The van der Waals surface area contributed by atoms with E-state index in [0.29, 0.717) is 13.2 Å². The zero-order chi connectivity index (χ0) is 19.8. The predicted molar refractivity (Wildman–Crippen MR) is 114 cm³/mol. The molecule has 0 aliphatic carbocycles. The third kappa shape index (κ3) is 2.79. The summed E-state index contributed by atoms with van der Waals surface area (Å²) in [6.07, 6.45) is 6.37. The third-order valence-corrected chi connectivity index (χ3v) is 6.06. The van der Waals surface area contributed by atoms with Crippen LogP contribution in [-0.4, -0.2) is 24.7 Å². The summed E-state index contributed by atoms with van der Waals surface area (Å²) in [6.45, 7) is 7.65. The van der Waals surface area contributed by atoms with Crippen molar-refractivity contribution in [3.63, 3.8) is 0 Å². The minimum absolute atomic E-state index is 0.0553. The number of carbonyl (C=O) groups excluding carboxylic acids is 1. The number of hydrogen-bond acceptors (Lipinski definition) is 3. The Bertz CT molecular complexity index is 918. The molecular weight excluding hydrogens is 348 g/mol. The van der Waals surface area contributed by atoms with Gasteiger partial charge in [0.2, 0.25) is 5.91 Å². The number of carbonyl (C=O) groups is 1. The van der Waals surface area contributed by atoms with E-state index in [9.17, 15) is 4.79 Å². The van der Waals surface area contributed by atoms with E-state index < -0.39 is 5.66 Å². The summed E-state index contributed by atoms with van der Waals surface area (Å²) in [4.78, 5) is 14.6. The lowest BCUT2D eigenvalue weighted by Gasteiger charge is -2.40. The van der Waals surface area contributed by atoms with Crippen molar-refractivity contribution < 1.29 is 9.53 Å². The smallest absolute Gasteiger partial charge is 0.241 e. The van der Waals surface area contributed by atoms with E-state index >= 15 is 0 Å². The molecule has 28 heavy (non-hydrogen) atoms. The average molecular weight is 377 g/mol. The number of anilines is 1. The van der Waals surface area contributed by atoms with Crippen LogP contribution in [0.3, 0.4) is 0 Å². The lowest BCUT2D eigenvalue weighted by molar-refractivity contribution is -0.118. The van der Waals surface area contributed by atoms with E-state index in [-0.39, 0.29) is 11.3 Å². The van der Waals surface area contributed by atoms with Gasteiger partial charge in [0.05, 0.1) is 13.2 Å². The Morgan fingerprint density at radius 3 is 2.71 bits per heavy atom. The van der Waals surface area contributed by atoms with Gasteiger partial charge in [-0.3, -0.25) is 4.79 Å². The molecule has 2 aromatic carbocycles. The maximum absolute atomic E-state index is 12.4. The fourth-order valence-corrected chi connectivity index (χ4v) is 4.43. The lowest BCUT2D eigenvalue weighted by Crippen LogP contribution is -2.58. The molecule has 1 N–H and O–H groups in total. The Kier molecular flexibility index (Phi) is 4.66. The van der Waals surface area contributed by atoms with Crippen molar-refractivity contribution in [2.24, 2.45) is 0 Å². The molecule has 2 aliphatic rings. The van der Waals surface area contributed by atoms with Gasteiger partial charge in [0, 0.05) is 16.7 Å². The number of hydrogen-bond donors (Lipinski definition) is 1. The highest BCUT2D eigenvalue weighted by Crippen LogP contribution is 2.52. The molecule has 2 aliphatic heterocycles. The summed E-state index contributed by atoms with van der Waals surface area (Å²) in [6, 6.07) is 16.5. The molecule has 4 rings (SSSR count). The topological polar surface area (TPSA) is 41.6 Å². The molecule has 1 amide bonds. The molecular formula is C24H28N2O2. The summed E-state index contributed by atoms with van der Waals surface area (Å²) in [5, 5.41) is 3.27. The van der Waals surface area contributed by atoms with Gasteiger partial charge in [-0.2, -0.15) is 0 Å². The quantitative estimate of drug-likeness (QED) is 0.755. The van der Waals surface area contributed by atoms with Crippen LogP contribution in [0.4, 0.5) is 5.69 Å². The maximum atomic E-state index is 12.4. The molecule has 2 aromatic rings. The number of unbranched alkanes of at least 4 members (excludes halogenated alkanes) is 1. The first kappa shape index (κ1) is 18.6. The van der Waals surface area contributed by atoms with Crippen molar-refractivity contribution in [2.75, 3.05) is 18.1 Å². The number of ether oxygens (including phenoxy) is 1. The standard InChI is InChI=1S/C24H28N2O2/c1-4-5-16-28-21-13-9-6-10-18(21)14-15-24-23(2,3)19-11-7-8-12-20(19)26(24)17-22(27)25-24/h6-15H,4-5,16-17H2,1-3H3,(H,25,27)/t24-/m0/s1. The van der Waals surface area contributed by atoms with Crippen molar-refractivity contribution in [3.05, 3.63) is 65.7 Å². The molecule has 1 atom stereocenters. The fraction of sp³-hybridized carbons (Fsp3) is 0.375. The van der Waals surface area contributed by atoms with Crippen LogP contribution in [-0.2, 0) is 10.2 Å². The fourth-order valence-electron chi connectivity index (χ4n) is 4.43. The normalized spacial score (nSPS) is 22.2. The second-order valence-electron chi connectivity index (χ2n) is 8.12. The largest absolute Gasteiger partial charge is 0.493 e. The molecule has 0 aromatic heterocycles. The molecule has 0 spiro atoms. The number of benzene rings is 2. The van der Waals surface area contributed by atoms with Crippen LogP contribution in [0.1, 0.15) is 44.7 Å². The summed E-state index contributed by atoms with van der Waals surface area (Å²) >= 11 is 0. The Morgan fingerprint density at radius 1 is 1.14 bits per heavy atom. The number of rotatable bonds is 6. The molecule has 1 saturated heterocycles. The first-order chi connectivity index (χ1) is 13.5. The van der Waals surface area contributed by atoms with Gasteiger partial charge in [0.15, 0.2) is 0 Å². The van der Waals surface area contributed by atoms with E-state index in [1.165, 1.54) is 5.56 Å². The number of amides is 1. The van der Waals surface area contributed by atoms with Gasteiger partial charge in [0.25, 0.3) is 0 Å². The van der Waals surface area contributed by atoms with Crippen LogP contribution in [0.5, 0.6) is 5.75 Å². The van der Waals surface area contributed by atoms with Crippen molar-refractivity contribution in [3.8, 4) is 5.75 Å². The van der Waals surface area contributed by atoms with Gasteiger partial charge in [-0.25, -0.2) is 0 Å². The molecule has 1 fully saturated rings. The number of fused-ring (bicyclic) bond motifs is 3. The van der Waals surface area contributed by atoms with E-state index in [2.05, 4.69) is 67.4 Å². The summed E-state index contributed by atoms with van der Waals surface area (Å²) in [5.74, 6) is 0.937.